The predicted octanol–water partition coefficient (Wildman–Crippen LogP) is 1.43. The Kier molecular flexibility index (Phi) is 3.53. The Balaban J connectivity index is 1.78. The smallest absolute Gasteiger partial charge is 0.225 e. The lowest BCUT2D eigenvalue weighted by Gasteiger charge is -2.16. The minimum absolute atomic E-state index is 0.768. The fourth-order valence-electron chi connectivity index (χ4n) is 1.33. The van der Waals surface area contributed by atoms with Gasteiger partial charge in [0.05, 0.1) is 4.47 Å². The average Bonchev–Trinajstić information content (AvgIpc) is 3.02. The first kappa shape index (κ1) is 10.8. The summed E-state index contributed by atoms with van der Waals surface area (Å²) in [6.45, 7) is 1.94. The van der Waals surface area contributed by atoms with Gasteiger partial charge < -0.3 is 10.2 Å². The van der Waals surface area contributed by atoms with Crippen molar-refractivity contribution in [1.29, 1.82) is 0 Å². The number of nitrogens with one attached hydrogen (secondary N) is 1. The van der Waals surface area contributed by atoms with Crippen LogP contribution in [-0.2, 0) is 0 Å². The van der Waals surface area contributed by atoms with Gasteiger partial charge in [0.2, 0.25) is 5.95 Å². The van der Waals surface area contributed by atoms with Gasteiger partial charge in [-0.1, -0.05) is 0 Å². The molecule has 1 aromatic heterocycles. The average molecular weight is 271 g/mol. The van der Waals surface area contributed by atoms with Crippen molar-refractivity contribution in [3.63, 3.8) is 0 Å². The molecule has 0 spiro atoms. The van der Waals surface area contributed by atoms with Gasteiger partial charge in [-0.15, -0.1) is 0 Å². The van der Waals surface area contributed by atoms with Gasteiger partial charge in [-0.3, -0.25) is 0 Å². The van der Waals surface area contributed by atoms with E-state index in [4.69, 9.17) is 0 Å². The fraction of sp³-hybridized carbons (Fsp3) is 0.600. The van der Waals surface area contributed by atoms with Gasteiger partial charge in [-0.2, -0.15) is 0 Å². The van der Waals surface area contributed by atoms with Crippen LogP contribution in [0.5, 0.6) is 0 Å². The normalized spacial score (nSPS) is 15.3. The minimum atomic E-state index is 0.768. The zero-order valence-electron chi connectivity index (χ0n) is 8.78. The van der Waals surface area contributed by atoms with Crippen molar-refractivity contribution in [3.05, 3.63) is 16.9 Å². The minimum Gasteiger partial charge on any atom is -0.343 e. The standard InChI is InChI=1S/C10H15BrN4/c1-15(5-4-12-9-2-3-9)10-13-6-8(11)7-14-10/h6-7,9,12H,2-5H2,1H3. The number of halogens is 1. The molecule has 0 aromatic carbocycles. The Hall–Kier alpha value is -0.680. The highest BCUT2D eigenvalue weighted by molar-refractivity contribution is 9.10. The molecule has 5 heteroatoms. The molecule has 0 saturated heterocycles. The van der Waals surface area contributed by atoms with Crippen molar-refractivity contribution in [2.24, 2.45) is 0 Å². The molecule has 0 atom stereocenters. The second-order valence-corrected chi connectivity index (χ2v) is 4.77. The summed E-state index contributed by atoms with van der Waals surface area (Å²) in [5.74, 6) is 0.774. The summed E-state index contributed by atoms with van der Waals surface area (Å²) in [5, 5.41) is 3.46. The van der Waals surface area contributed by atoms with E-state index in [2.05, 4.69) is 36.1 Å². The Morgan fingerprint density at radius 3 is 2.73 bits per heavy atom. The molecule has 1 saturated carbocycles. The van der Waals surface area contributed by atoms with E-state index in [1.807, 2.05) is 7.05 Å². The van der Waals surface area contributed by atoms with Crippen LogP contribution in [0.2, 0.25) is 0 Å². The molecule has 1 fully saturated rings. The molecule has 1 aliphatic rings. The second kappa shape index (κ2) is 4.90. The van der Waals surface area contributed by atoms with Crippen LogP contribution in [0.4, 0.5) is 5.95 Å². The largest absolute Gasteiger partial charge is 0.343 e. The maximum absolute atomic E-state index is 4.23. The number of likely N-dealkylation sites (N-methyl/N-ethyl adjacent to an activating group) is 1. The van der Waals surface area contributed by atoms with Crippen LogP contribution in [0.3, 0.4) is 0 Å². The van der Waals surface area contributed by atoms with Crippen LogP contribution in [0.1, 0.15) is 12.8 Å². The van der Waals surface area contributed by atoms with E-state index in [0.29, 0.717) is 0 Å². The van der Waals surface area contributed by atoms with E-state index in [0.717, 1.165) is 29.6 Å². The summed E-state index contributed by atoms with van der Waals surface area (Å²) in [6, 6.07) is 0.768. The molecule has 1 aliphatic carbocycles. The molecule has 0 unspecified atom stereocenters. The van der Waals surface area contributed by atoms with Gasteiger partial charge in [0.25, 0.3) is 0 Å². The van der Waals surface area contributed by atoms with Gasteiger partial charge in [0, 0.05) is 38.6 Å². The highest BCUT2D eigenvalue weighted by Gasteiger charge is 2.19. The first-order valence-electron chi connectivity index (χ1n) is 5.18. The van der Waals surface area contributed by atoms with Crippen LogP contribution in [0.25, 0.3) is 0 Å². The van der Waals surface area contributed by atoms with Crippen LogP contribution in [-0.4, -0.2) is 36.1 Å². The highest BCUT2D eigenvalue weighted by atomic mass is 79.9. The molecule has 4 nitrogen and oxygen atoms in total. The molecule has 1 aromatic rings. The summed E-state index contributed by atoms with van der Waals surface area (Å²) in [7, 11) is 2.01. The first-order chi connectivity index (χ1) is 7.25. The maximum Gasteiger partial charge on any atom is 0.225 e. The zero-order chi connectivity index (χ0) is 10.7. The third kappa shape index (κ3) is 3.43. The van der Waals surface area contributed by atoms with E-state index >= 15 is 0 Å². The fourth-order valence-corrected chi connectivity index (χ4v) is 1.53. The highest BCUT2D eigenvalue weighted by Crippen LogP contribution is 2.18. The summed E-state index contributed by atoms with van der Waals surface area (Å²) in [4.78, 5) is 10.5. The molecular weight excluding hydrogens is 256 g/mol. The van der Waals surface area contributed by atoms with Gasteiger partial charge in [0.15, 0.2) is 0 Å². The maximum atomic E-state index is 4.23. The number of nitrogens with zero attached hydrogens (tertiary/aromatic N) is 3. The zero-order valence-corrected chi connectivity index (χ0v) is 10.4. The molecule has 2 rings (SSSR count). The second-order valence-electron chi connectivity index (χ2n) is 3.85. The quantitative estimate of drug-likeness (QED) is 0.879. The third-order valence-corrected chi connectivity index (χ3v) is 2.82. The third-order valence-electron chi connectivity index (χ3n) is 2.41. The van der Waals surface area contributed by atoms with Crippen molar-refractivity contribution in [2.45, 2.75) is 18.9 Å². The van der Waals surface area contributed by atoms with Gasteiger partial charge in [-0.05, 0) is 28.8 Å². The Morgan fingerprint density at radius 2 is 2.13 bits per heavy atom. The Morgan fingerprint density at radius 1 is 1.47 bits per heavy atom. The van der Waals surface area contributed by atoms with Crippen molar-refractivity contribution in [3.8, 4) is 0 Å². The number of hydrogen-bond acceptors (Lipinski definition) is 4. The lowest BCUT2D eigenvalue weighted by atomic mass is 10.5. The Bertz CT molecular complexity index is 310. The van der Waals surface area contributed by atoms with Gasteiger partial charge in [-0.25, -0.2) is 9.97 Å². The topological polar surface area (TPSA) is 41.0 Å². The van der Waals surface area contributed by atoms with Crippen LogP contribution in [0, 0.1) is 0 Å². The molecule has 1 heterocycles. The molecule has 0 aliphatic heterocycles. The molecule has 15 heavy (non-hydrogen) atoms. The van der Waals surface area contributed by atoms with Crippen molar-refractivity contribution in [1.82, 2.24) is 15.3 Å². The monoisotopic (exact) mass is 270 g/mol. The lowest BCUT2D eigenvalue weighted by Crippen LogP contribution is -2.31. The van der Waals surface area contributed by atoms with E-state index in [1.165, 1.54) is 12.8 Å². The summed E-state index contributed by atoms with van der Waals surface area (Å²) in [6.07, 6.45) is 6.21. The van der Waals surface area contributed by atoms with E-state index in [1.54, 1.807) is 12.4 Å². The van der Waals surface area contributed by atoms with Crippen molar-refractivity contribution < 1.29 is 0 Å². The number of aromatic nitrogens is 2. The summed E-state index contributed by atoms with van der Waals surface area (Å²) in [5.41, 5.74) is 0. The van der Waals surface area contributed by atoms with Crippen molar-refractivity contribution >= 4 is 21.9 Å². The van der Waals surface area contributed by atoms with E-state index < -0.39 is 0 Å². The molecule has 82 valence electrons. The van der Waals surface area contributed by atoms with Crippen LogP contribution < -0.4 is 10.2 Å². The van der Waals surface area contributed by atoms with Gasteiger partial charge >= 0.3 is 0 Å². The molecular formula is C10H15BrN4. The number of hydrogen-bond donors (Lipinski definition) is 1. The number of rotatable bonds is 5. The predicted molar refractivity (Wildman–Crippen MR) is 64.0 cm³/mol. The van der Waals surface area contributed by atoms with Crippen LogP contribution in [0.15, 0.2) is 16.9 Å². The van der Waals surface area contributed by atoms with Crippen molar-refractivity contribution in [2.75, 3.05) is 25.0 Å². The summed E-state index contributed by atoms with van der Waals surface area (Å²) >= 11 is 3.32. The lowest BCUT2D eigenvalue weighted by molar-refractivity contribution is 0.669. The van der Waals surface area contributed by atoms with Crippen LogP contribution >= 0.6 is 15.9 Å². The molecule has 0 bridgehead atoms. The molecule has 1 N–H and O–H groups in total. The Labute approximate surface area is 98.2 Å². The molecule has 0 radical (unpaired) electrons. The summed E-state index contributed by atoms with van der Waals surface area (Å²) < 4.78 is 0.913. The first-order valence-corrected chi connectivity index (χ1v) is 5.97. The number of anilines is 1. The SMILES string of the molecule is CN(CCNC1CC1)c1ncc(Br)cn1. The van der Waals surface area contributed by atoms with Gasteiger partial charge in [0.1, 0.15) is 0 Å². The van der Waals surface area contributed by atoms with E-state index in [9.17, 15) is 0 Å². The molecule has 0 amide bonds. The van der Waals surface area contributed by atoms with E-state index in [-0.39, 0.29) is 0 Å².